The molecule has 1 unspecified atom stereocenters. The molecule has 2 aromatic heterocycles. The topological polar surface area (TPSA) is 97.4 Å². The van der Waals surface area contributed by atoms with Crippen molar-refractivity contribution >= 4 is 11.6 Å². The van der Waals surface area contributed by atoms with Crippen molar-refractivity contribution in [1.82, 2.24) is 35.2 Å². The summed E-state index contributed by atoms with van der Waals surface area (Å²) in [7, 11) is 3.92. The van der Waals surface area contributed by atoms with E-state index in [-0.39, 0.29) is 0 Å². The standard InChI is InChI=1S/C20H35N9O/c1-5-30-11-7-9-21-20(22-13-19-26-25-16(2)28(19)4)24-17-8-6-10-29(14-17)18-12-23-27(3)15-18/h12,15,17H,5-11,13-14H2,1-4H3,(H2,21,22,24). The van der Waals surface area contributed by atoms with Gasteiger partial charge in [0, 0.05) is 59.2 Å². The van der Waals surface area contributed by atoms with E-state index < -0.39 is 0 Å². The molecule has 0 saturated carbocycles. The molecule has 10 nitrogen and oxygen atoms in total. The summed E-state index contributed by atoms with van der Waals surface area (Å²) >= 11 is 0. The van der Waals surface area contributed by atoms with Gasteiger partial charge in [-0.1, -0.05) is 0 Å². The fourth-order valence-corrected chi connectivity index (χ4v) is 3.51. The lowest BCUT2D eigenvalue weighted by molar-refractivity contribution is 0.145. The molecule has 1 fully saturated rings. The highest BCUT2D eigenvalue weighted by Crippen LogP contribution is 2.19. The van der Waals surface area contributed by atoms with E-state index in [1.807, 2.05) is 43.4 Å². The maximum atomic E-state index is 5.44. The van der Waals surface area contributed by atoms with E-state index in [2.05, 4.69) is 37.0 Å². The second-order valence-corrected chi connectivity index (χ2v) is 7.67. The number of nitrogens with one attached hydrogen (secondary N) is 2. The molecular weight excluding hydrogens is 382 g/mol. The van der Waals surface area contributed by atoms with E-state index in [1.165, 1.54) is 5.69 Å². The second kappa shape index (κ2) is 11.0. The number of rotatable bonds is 9. The largest absolute Gasteiger partial charge is 0.382 e. The van der Waals surface area contributed by atoms with Gasteiger partial charge in [-0.25, -0.2) is 4.99 Å². The number of nitrogens with zero attached hydrogens (tertiary/aromatic N) is 7. The fourth-order valence-electron chi connectivity index (χ4n) is 3.51. The van der Waals surface area contributed by atoms with Crippen molar-refractivity contribution in [2.24, 2.45) is 19.1 Å². The van der Waals surface area contributed by atoms with Gasteiger partial charge in [0.15, 0.2) is 11.8 Å². The van der Waals surface area contributed by atoms with Crippen LogP contribution < -0.4 is 15.5 Å². The molecule has 2 N–H and O–H groups in total. The molecule has 2 aromatic rings. The highest BCUT2D eigenvalue weighted by Gasteiger charge is 2.22. The lowest BCUT2D eigenvalue weighted by atomic mass is 10.1. The predicted molar refractivity (Wildman–Crippen MR) is 118 cm³/mol. The van der Waals surface area contributed by atoms with Crippen LogP contribution in [0.2, 0.25) is 0 Å². The first-order chi connectivity index (χ1) is 14.6. The minimum Gasteiger partial charge on any atom is -0.382 e. The Morgan fingerprint density at radius 3 is 2.90 bits per heavy atom. The lowest BCUT2D eigenvalue weighted by Crippen LogP contribution is -2.51. The van der Waals surface area contributed by atoms with E-state index >= 15 is 0 Å². The highest BCUT2D eigenvalue weighted by molar-refractivity contribution is 5.80. The number of aliphatic imine (C=N–C) groups is 1. The molecule has 1 atom stereocenters. The van der Waals surface area contributed by atoms with Crippen LogP contribution in [0.25, 0.3) is 0 Å². The number of guanidine groups is 1. The molecule has 0 aliphatic carbocycles. The average Bonchev–Trinajstić information content (AvgIpc) is 3.32. The molecule has 166 valence electrons. The molecule has 1 aliphatic heterocycles. The summed E-state index contributed by atoms with van der Waals surface area (Å²) in [6.45, 7) is 8.72. The predicted octanol–water partition coefficient (Wildman–Crippen LogP) is 0.988. The van der Waals surface area contributed by atoms with Gasteiger partial charge >= 0.3 is 0 Å². The van der Waals surface area contributed by atoms with E-state index in [0.717, 1.165) is 69.7 Å². The summed E-state index contributed by atoms with van der Waals surface area (Å²) in [5.74, 6) is 2.55. The minimum absolute atomic E-state index is 0.318. The van der Waals surface area contributed by atoms with Gasteiger partial charge in [-0.2, -0.15) is 5.10 Å². The normalized spacial score (nSPS) is 17.4. The number of hydrogen-bond acceptors (Lipinski definition) is 6. The number of hydrogen-bond donors (Lipinski definition) is 2. The zero-order valence-corrected chi connectivity index (χ0v) is 18.6. The molecule has 3 heterocycles. The Kier molecular flexibility index (Phi) is 8.06. The van der Waals surface area contributed by atoms with Crippen molar-refractivity contribution in [1.29, 1.82) is 0 Å². The zero-order valence-electron chi connectivity index (χ0n) is 18.6. The summed E-state index contributed by atoms with van der Waals surface area (Å²) in [4.78, 5) is 7.16. The van der Waals surface area contributed by atoms with Crippen molar-refractivity contribution in [3.8, 4) is 0 Å². The molecular formula is C20H35N9O. The van der Waals surface area contributed by atoms with Gasteiger partial charge in [-0.05, 0) is 33.1 Å². The SMILES string of the molecule is CCOCCCNC(=NCc1nnc(C)n1C)NC1CCCN(c2cnn(C)c2)C1. The quantitative estimate of drug-likeness (QED) is 0.357. The average molecular weight is 418 g/mol. The molecule has 0 aromatic carbocycles. The zero-order chi connectivity index (χ0) is 21.3. The molecule has 30 heavy (non-hydrogen) atoms. The first kappa shape index (κ1) is 22.1. The van der Waals surface area contributed by atoms with Gasteiger partial charge in [0.05, 0.1) is 11.9 Å². The number of piperidine rings is 1. The van der Waals surface area contributed by atoms with Crippen LogP contribution in [0.1, 0.15) is 37.8 Å². The molecule has 1 saturated heterocycles. The number of anilines is 1. The third-order valence-corrected chi connectivity index (χ3v) is 5.34. The number of aryl methyl sites for hydroxylation is 2. The van der Waals surface area contributed by atoms with Gasteiger partial charge in [0.1, 0.15) is 12.4 Å². The molecule has 1 aliphatic rings. The molecule has 0 radical (unpaired) electrons. The summed E-state index contributed by atoms with van der Waals surface area (Å²) in [6.07, 6.45) is 7.18. The first-order valence-corrected chi connectivity index (χ1v) is 10.8. The molecule has 0 amide bonds. The first-order valence-electron chi connectivity index (χ1n) is 10.8. The van der Waals surface area contributed by atoms with E-state index in [0.29, 0.717) is 12.6 Å². The summed E-state index contributed by atoms with van der Waals surface area (Å²) in [6, 6.07) is 0.318. The van der Waals surface area contributed by atoms with Crippen LogP contribution in [0.15, 0.2) is 17.4 Å². The van der Waals surface area contributed by atoms with Crippen LogP contribution in [0.3, 0.4) is 0 Å². The highest BCUT2D eigenvalue weighted by atomic mass is 16.5. The smallest absolute Gasteiger partial charge is 0.191 e. The Labute approximate surface area is 178 Å². The fraction of sp³-hybridized carbons (Fsp3) is 0.700. The maximum Gasteiger partial charge on any atom is 0.191 e. The van der Waals surface area contributed by atoms with Crippen LogP contribution >= 0.6 is 0 Å². The molecule has 10 heteroatoms. The minimum atomic E-state index is 0.318. The Morgan fingerprint density at radius 1 is 1.33 bits per heavy atom. The Morgan fingerprint density at radius 2 is 2.20 bits per heavy atom. The van der Waals surface area contributed by atoms with E-state index in [4.69, 9.17) is 9.73 Å². The van der Waals surface area contributed by atoms with Crippen LogP contribution in [0, 0.1) is 6.92 Å². The Bertz CT molecular complexity index is 813. The van der Waals surface area contributed by atoms with Gasteiger partial charge in [0.25, 0.3) is 0 Å². The van der Waals surface area contributed by atoms with Crippen LogP contribution in [-0.4, -0.2) is 69.4 Å². The van der Waals surface area contributed by atoms with Gasteiger partial charge in [-0.3, -0.25) is 4.68 Å². The molecule has 0 spiro atoms. The molecule has 3 rings (SSSR count). The van der Waals surface area contributed by atoms with Crippen molar-refractivity contribution in [2.45, 2.75) is 45.7 Å². The van der Waals surface area contributed by atoms with Crippen molar-refractivity contribution < 1.29 is 4.74 Å². The maximum absolute atomic E-state index is 5.44. The van der Waals surface area contributed by atoms with Gasteiger partial charge in [0.2, 0.25) is 0 Å². The summed E-state index contributed by atoms with van der Waals surface area (Å²) < 4.78 is 9.26. The van der Waals surface area contributed by atoms with E-state index in [9.17, 15) is 0 Å². The summed E-state index contributed by atoms with van der Waals surface area (Å²) in [5.41, 5.74) is 1.17. The van der Waals surface area contributed by atoms with E-state index in [1.54, 1.807) is 0 Å². The summed E-state index contributed by atoms with van der Waals surface area (Å²) in [5, 5.41) is 19.7. The number of aromatic nitrogens is 5. The van der Waals surface area contributed by atoms with Crippen LogP contribution in [-0.2, 0) is 25.4 Å². The van der Waals surface area contributed by atoms with Crippen LogP contribution in [0.4, 0.5) is 5.69 Å². The Balaban J connectivity index is 1.61. The lowest BCUT2D eigenvalue weighted by Gasteiger charge is -2.34. The third-order valence-electron chi connectivity index (χ3n) is 5.34. The van der Waals surface area contributed by atoms with Crippen molar-refractivity contribution in [3.05, 3.63) is 24.0 Å². The molecule has 0 bridgehead atoms. The van der Waals surface area contributed by atoms with Gasteiger partial charge in [-0.15, -0.1) is 10.2 Å². The van der Waals surface area contributed by atoms with Gasteiger partial charge < -0.3 is 24.8 Å². The number of ether oxygens (including phenoxy) is 1. The third kappa shape index (κ3) is 6.19. The Hall–Kier alpha value is -2.62. The monoisotopic (exact) mass is 417 g/mol. The van der Waals surface area contributed by atoms with Crippen molar-refractivity contribution in [3.63, 3.8) is 0 Å². The second-order valence-electron chi connectivity index (χ2n) is 7.67. The van der Waals surface area contributed by atoms with Crippen LogP contribution in [0.5, 0.6) is 0 Å². The van der Waals surface area contributed by atoms with Crippen molar-refractivity contribution in [2.75, 3.05) is 37.7 Å².